The van der Waals surface area contributed by atoms with Crippen LogP contribution in [0.1, 0.15) is 6.42 Å². The van der Waals surface area contributed by atoms with E-state index in [0.29, 0.717) is 21.4 Å². The maximum atomic E-state index is 10.1. The first kappa shape index (κ1) is 23.2. The van der Waals surface area contributed by atoms with Gasteiger partial charge in [-0.15, -0.1) is 0 Å². The Bertz CT molecular complexity index is 109. The van der Waals surface area contributed by atoms with E-state index in [4.69, 9.17) is 10.8 Å². The molecule has 0 aromatic heterocycles. The molecule has 0 aliphatic carbocycles. The van der Waals surface area contributed by atoms with Crippen molar-refractivity contribution in [3.8, 4) is 0 Å². The van der Waals surface area contributed by atoms with Gasteiger partial charge < -0.3 is 24.8 Å². The van der Waals surface area contributed by atoms with Gasteiger partial charge in [0.15, 0.2) is 0 Å². The fourth-order valence-corrected chi connectivity index (χ4v) is 1.40. The smallest absolute Gasteiger partial charge is 1.00 e. The van der Waals surface area contributed by atoms with Gasteiger partial charge in [-0.2, -0.15) is 0 Å². The molecule has 70 valence electrons. The summed E-state index contributed by atoms with van der Waals surface area (Å²) in [6.45, 7) is 0. The fraction of sp³-hybridized carbons (Fsp3) is 0.800. The number of carbonyl (C=O) groups is 1. The van der Waals surface area contributed by atoms with Crippen molar-refractivity contribution >= 4 is 20.9 Å². The number of hydrogen-bond donors (Lipinski definition) is 2. The van der Waals surface area contributed by atoms with Gasteiger partial charge in [-0.3, -0.25) is 0 Å². The second-order valence-electron chi connectivity index (χ2n) is 1.73. The van der Waals surface area contributed by atoms with Gasteiger partial charge in [-0.05, 0) is 0 Å². The average Bonchev–Trinajstić information content (AvgIpc) is 1.82. The second kappa shape index (κ2) is 14.7. The molecule has 3 N–H and O–H groups in total. The molecule has 12 heavy (non-hydrogen) atoms. The quantitative estimate of drug-likeness (QED) is 0.504. The third-order valence-corrected chi connectivity index (χ3v) is 2.30. The molecule has 0 rings (SSSR count). The summed E-state index contributed by atoms with van der Waals surface area (Å²) < 4.78 is 0. The molecule has 0 radical (unpaired) electrons. The molecule has 3 nitrogen and oxygen atoms in total. The number of rotatable bonds is 4. The van der Waals surface area contributed by atoms with Crippen LogP contribution >= 0.6 is 0 Å². The number of carboxylic acid groups (broad SMARTS) is 1. The van der Waals surface area contributed by atoms with Crippen molar-refractivity contribution in [3.05, 3.63) is 0 Å². The van der Waals surface area contributed by atoms with Crippen molar-refractivity contribution in [3.63, 3.8) is 0 Å². The number of carboxylic acids is 1. The van der Waals surface area contributed by atoms with E-state index >= 15 is 0 Å². The van der Waals surface area contributed by atoms with Crippen LogP contribution in [-0.4, -0.2) is 32.1 Å². The van der Waals surface area contributed by atoms with E-state index in [1.807, 2.05) is 0 Å². The SMILES string of the molecule is C[Se]CC[C@H](N)C(=O)O.[Cl-].[Cl-].[Zn+2]. The number of hydrogen-bond acceptors (Lipinski definition) is 2. The zero-order valence-corrected chi connectivity index (χ0v) is 13.0. The Morgan fingerprint density at radius 3 is 2.25 bits per heavy atom. The average molecular weight is 332 g/mol. The van der Waals surface area contributed by atoms with E-state index in [9.17, 15) is 4.79 Å². The fourth-order valence-electron chi connectivity index (χ4n) is 0.368. The van der Waals surface area contributed by atoms with Crippen LogP contribution in [0.2, 0.25) is 11.1 Å². The summed E-state index contributed by atoms with van der Waals surface area (Å²) in [6.07, 6.45) is 0.617. The summed E-state index contributed by atoms with van der Waals surface area (Å²) in [5, 5.41) is 9.25. The molecule has 0 fully saturated rings. The third-order valence-electron chi connectivity index (χ3n) is 0.950. The van der Waals surface area contributed by atoms with Crippen molar-refractivity contribution < 1.29 is 54.2 Å². The molecule has 7 heteroatoms. The molecule has 0 spiro atoms. The molecule has 0 saturated heterocycles. The van der Waals surface area contributed by atoms with Crippen LogP contribution in [0.4, 0.5) is 0 Å². The van der Waals surface area contributed by atoms with Crippen molar-refractivity contribution in [2.75, 3.05) is 0 Å². The van der Waals surface area contributed by atoms with Gasteiger partial charge in [0.2, 0.25) is 0 Å². The molecular weight excluding hydrogens is 321 g/mol. The zero-order valence-electron chi connectivity index (χ0n) is 6.80. The van der Waals surface area contributed by atoms with Crippen molar-refractivity contribution in [1.29, 1.82) is 0 Å². The summed E-state index contributed by atoms with van der Waals surface area (Å²) in [5.74, 6) is 1.18. The zero-order chi connectivity index (χ0) is 7.28. The van der Waals surface area contributed by atoms with Crippen LogP contribution in [0.5, 0.6) is 0 Å². The van der Waals surface area contributed by atoms with Crippen molar-refractivity contribution in [2.24, 2.45) is 5.73 Å². The van der Waals surface area contributed by atoms with Gasteiger partial charge in [0, 0.05) is 0 Å². The Kier molecular flexibility index (Phi) is 28.3. The van der Waals surface area contributed by atoms with Crippen LogP contribution in [-0.2, 0) is 24.3 Å². The molecule has 0 unspecified atom stereocenters. The maximum Gasteiger partial charge on any atom is 2.00 e. The summed E-state index contributed by atoms with van der Waals surface area (Å²) in [5.41, 5.74) is 5.21. The minimum Gasteiger partial charge on any atom is -1.00 e. The van der Waals surface area contributed by atoms with Gasteiger partial charge in [0.1, 0.15) is 0 Å². The molecule has 0 saturated carbocycles. The number of nitrogens with two attached hydrogens (primary N) is 1. The van der Waals surface area contributed by atoms with Gasteiger partial charge in [0.25, 0.3) is 0 Å². The summed E-state index contributed by atoms with van der Waals surface area (Å²) in [6, 6.07) is -0.646. The molecule has 0 heterocycles. The molecule has 0 aliphatic heterocycles. The number of halogens is 2. The van der Waals surface area contributed by atoms with Gasteiger partial charge in [0.05, 0.1) is 0 Å². The molecular formula is C5H11Cl2NO2SeZn. The predicted molar refractivity (Wildman–Crippen MR) is 36.7 cm³/mol. The Balaban J connectivity index is -0.000000107. The van der Waals surface area contributed by atoms with Crippen LogP contribution in [0.25, 0.3) is 0 Å². The number of aliphatic carboxylic acids is 1. The first-order valence-corrected chi connectivity index (χ1v) is 5.58. The minimum atomic E-state index is -0.890. The van der Waals surface area contributed by atoms with E-state index in [0.717, 1.165) is 5.32 Å². The maximum absolute atomic E-state index is 10.1. The van der Waals surface area contributed by atoms with Crippen LogP contribution < -0.4 is 30.5 Å². The molecule has 0 bridgehead atoms. The van der Waals surface area contributed by atoms with E-state index < -0.39 is 12.0 Å². The molecule has 0 aromatic rings. The van der Waals surface area contributed by atoms with Gasteiger partial charge >= 0.3 is 79.6 Å². The van der Waals surface area contributed by atoms with Gasteiger partial charge in [-0.25, -0.2) is 0 Å². The van der Waals surface area contributed by atoms with E-state index in [1.165, 1.54) is 0 Å². The van der Waals surface area contributed by atoms with Crippen LogP contribution in [0.15, 0.2) is 0 Å². The van der Waals surface area contributed by atoms with E-state index in [1.54, 1.807) is 0 Å². The Morgan fingerprint density at radius 1 is 1.58 bits per heavy atom. The third kappa shape index (κ3) is 13.7. The molecule has 1 atom stereocenters. The van der Waals surface area contributed by atoms with Crippen molar-refractivity contribution in [2.45, 2.75) is 23.6 Å². The summed E-state index contributed by atoms with van der Waals surface area (Å²) >= 11 is 0.549. The molecule has 0 aromatic carbocycles. The second-order valence-corrected chi connectivity index (χ2v) is 3.79. The van der Waals surface area contributed by atoms with E-state index in [-0.39, 0.29) is 44.3 Å². The largest absolute Gasteiger partial charge is 2.00 e. The Labute approximate surface area is 104 Å². The molecule has 0 amide bonds. The van der Waals surface area contributed by atoms with E-state index in [2.05, 4.69) is 5.82 Å². The normalized spacial score (nSPS) is 9.83. The monoisotopic (exact) mass is 331 g/mol. The standard InChI is InChI=1S/C5H11NO2Se.2ClH.Zn/c1-9-3-2-4(6)5(7)8;;;/h4H,2-3,6H2,1H3,(H,7,8);2*1H;/q;;;+2/p-2/t4-;;;/m0.../s1. The first-order valence-electron chi connectivity index (χ1n) is 2.65. The van der Waals surface area contributed by atoms with Crippen molar-refractivity contribution in [1.82, 2.24) is 0 Å². The van der Waals surface area contributed by atoms with Crippen LogP contribution in [0, 0.1) is 0 Å². The minimum absolute atomic E-state index is 0. The summed E-state index contributed by atoms with van der Waals surface area (Å²) in [4.78, 5) is 10.1. The molecule has 0 aliphatic rings. The van der Waals surface area contributed by atoms with Gasteiger partial charge in [-0.1, -0.05) is 0 Å². The Morgan fingerprint density at radius 2 is 2.00 bits per heavy atom. The van der Waals surface area contributed by atoms with Crippen LogP contribution in [0.3, 0.4) is 0 Å². The Hall–Kier alpha value is 1.15. The topological polar surface area (TPSA) is 63.3 Å². The summed E-state index contributed by atoms with van der Waals surface area (Å²) in [7, 11) is 0. The first-order chi connectivity index (χ1) is 4.18. The predicted octanol–water partition coefficient (Wildman–Crippen LogP) is -6.04.